The van der Waals surface area contributed by atoms with Crippen LogP contribution < -0.4 is 5.32 Å². The highest BCUT2D eigenvalue weighted by molar-refractivity contribution is 9.10. The predicted octanol–water partition coefficient (Wildman–Crippen LogP) is 2.08. The van der Waals surface area contributed by atoms with Gasteiger partial charge < -0.3 is 10.1 Å². The quantitative estimate of drug-likeness (QED) is 0.683. The third kappa shape index (κ3) is 2.52. The molecule has 1 aliphatic carbocycles. The van der Waals surface area contributed by atoms with Crippen molar-refractivity contribution in [3.8, 4) is 0 Å². The summed E-state index contributed by atoms with van der Waals surface area (Å²) in [5, 5.41) is 4.73. The first-order valence-electron chi connectivity index (χ1n) is 5.18. The van der Waals surface area contributed by atoms with Gasteiger partial charge in [-0.15, -0.1) is 11.3 Å². The number of rotatable bonds is 4. The van der Waals surface area contributed by atoms with Crippen LogP contribution in [0.25, 0.3) is 0 Å². The van der Waals surface area contributed by atoms with Gasteiger partial charge in [-0.1, -0.05) is 0 Å². The Kier molecular flexibility index (Phi) is 3.53. The molecule has 0 unspecified atom stereocenters. The van der Waals surface area contributed by atoms with Crippen LogP contribution in [0.2, 0.25) is 0 Å². The second-order valence-electron chi connectivity index (χ2n) is 3.99. The molecule has 6 heteroatoms. The normalized spacial score (nSPS) is 16.4. The van der Waals surface area contributed by atoms with Crippen molar-refractivity contribution >= 4 is 39.1 Å². The molecule has 0 atom stereocenters. The Morgan fingerprint density at radius 1 is 1.59 bits per heavy atom. The largest absolute Gasteiger partial charge is 0.468 e. The summed E-state index contributed by atoms with van der Waals surface area (Å²) < 4.78 is 5.65. The lowest BCUT2D eigenvalue weighted by atomic mass is 10.1. The Hall–Kier alpha value is -0.880. The molecule has 0 spiro atoms. The van der Waals surface area contributed by atoms with E-state index in [1.807, 2.05) is 11.4 Å². The fourth-order valence-electron chi connectivity index (χ4n) is 1.63. The van der Waals surface area contributed by atoms with E-state index in [1.54, 1.807) is 11.3 Å². The van der Waals surface area contributed by atoms with Crippen molar-refractivity contribution in [3.63, 3.8) is 0 Å². The number of amides is 1. The Labute approximate surface area is 111 Å². The summed E-state index contributed by atoms with van der Waals surface area (Å²) >= 11 is 4.91. The average Bonchev–Trinajstić information content (AvgIpc) is 3.04. The second-order valence-corrected chi connectivity index (χ2v) is 5.90. The maximum absolute atomic E-state index is 11.9. The number of esters is 1. The van der Waals surface area contributed by atoms with Gasteiger partial charge in [-0.3, -0.25) is 9.59 Å². The predicted molar refractivity (Wildman–Crippen MR) is 67.5 cm³/mol. The lowest BCUT2D eigenvalue weighted by Gasteiger charge is -2.12. The van der Waals surface area contributed by atoms with Crippen LogP contribution in [0, 0.1) is 5.41 Å². The van der Waals surface area contributed by atoms with Gasteiger partial charge in [-0.25, -0.2) is 0 Å². The van der Waals surface area contributed by atoms with Gasteiger partial charge in [0.1, 0.15) is 5.41 Å². The van der Waals surface area contributed by atoms with Crippen molar-refractivity contribution < 1.29 is 14.3 Å². The van der Waals surface area contributed by atoms with E-state index in [9.17, 15) is 9.59 Å². The molecular formula is C11H12BrNO3S. The molecule has 4 nitrogen and oxygen atoms in total. The van der Waals surface area contributed by atoms with Gasteiger partial charge in [0.2, 0.25) is 5.91 Å². The summed E-state index contributed by atoms with van der Waals surface area (Å²) in [6.45, 7) is 0.452. The van der Waals surface area contributed by atoms with Gasteiger partial charge in [0.25, 0.3) is 0 Å². The molecule has 0 aliphatic heterocycles. The van der Waals surface area contributed by atoms with Crippen LogP contribution in [0.5, 0.6) is 0 Å². The molecule has 1 amide bonds. The zero-order chi connectivity index (χ0) is 12.5. The zero-order valence-corrected chi connectivity index (χ0v) is 11.7. The molecule has 1 N–H and O–H groups in total. The van der Waals surface area contributed by atoms with E-state index in [-0.39, 0.29) is 5.91 Å². The third-order valence-electron chi connectivity index (χ3n) is 2.81. The van der Waals surface area contributed by atoms with Crippen molar-refractivity contribution in [1.29, 1.82) is 0 Å². The van der Waals surface area contributed by atoms with E-state index in [1.165, 1.54) is 7.11 Å². The first-order chi connectivity index (χ1) is 8.08. The van der Waals surface area contributed by atoms with Gasteiger partial charge in [-0.2, -0.15) is 0 Å². The van der Waals surface area contributed by atoms with Crippen molar-refractivity contribution in [2.75, 3.05) is 7.11 Å². The van der Waals surface area contributed by atoms with Gasteiger partial charge in [0.15, 0.2) is 0 Å². The van der Waals surface area contributed by atoms with E-state index >= 15 is 0 Å². The van der Waals surface area contributed by atoms with E-state index in [0.717, 1.165) is 9.35 Å². The van der Waals surface area contributed by atoms with Crippen molar-refractivity contribution in [2.24, 2.45) is 5.41 Å². The third-order valence-corrected chi connectivity index (χ3v) is 4.50. The van der Waals surface area contributed by atoms with Gasteiger partial charge in [0.05, 0.1) is 13.7 Å². The molecule has 1 aromatic heterocycles. The van der Waals surface area contributed by atoms with Crippen LogP contribution in [-0.2, 0) is 20.9 Å². The zero-order valence-electron chi connectivity index (χ0n) is 9.29. The molecule has 1 heterocycles. The number of carbonyl (C=O) groups excluding carboxylic acids is 2. The van der Waals surface area contributed by atoms with Crippen LogP contribution in [0.1, 0.15) is 17.7 Å². The molecular weight excluding hydrogens is 306 g/mol. The van der Waals surface area contributed by atoms with Crippen LogP contribution in [0.15, 0.2) is 15.9 Å². The van der Waals surface area contributed by atoms with E-state index < -0.39 is 11.4 Å². The average molecular weight is 318 g/mol. The molecule has 17 heavy (non-hydrogen) atoms. The lowest BCUT2D eigenvalue weighted by Crippen LogP contribution is -2.37. The lowest BCUT2D eigenvalue weighted by molar-refractivity contribution is -0.152. The first-order valence-corrected chi connectivity index (χ1v) is 6.85. The van der Waals surface area contributed by atoms with Crippen LogP contribution in [-0.4, -0.2) is 19.0 Å². The molecule has 0 saturated heterocycles. The molecule has 1 aromatic rings. The van der Waals surface area contributed by atoms with Gasteiger partial charge >= 0.3 is 5.97 Å². The summed E-state index contributed by atoms with van der Waals surface area (Å²) in [6.07, 6.45) is 1.17. The molecule has 0 radical (unpaired) electrons. The van der Waals surface area contributed by atoms with Gasteiger partial charge in [0, 0.05) is 14.7 Å². The van der Waals surface area contributed by atoms with Crippen LogP contribution >= 0.6 is 27.3 Å². The molecule has 2 rings (SSSR count). The Balaban J connectivity index is 1.92. The fraction of sp³-hybridized carbons (Fsp3) is 0.455. The molecule has 1 saturated carbocycles. The highest BCUT2D eigenvalue weighted by atomic mass is 79.9. The molecule has 1 aliphatic rings. The maximum Gasteiger partial charge on any atom is 0.321 e. The summed E-state index contributed by atoms with van der Waals surface area (Å²) in [7, 11) is 1.31. The number of thiophene rings is 1. The number of carbonyl (C=O) groups is 2. The summed E-state index contributed by atoms with van der Waals surface area (Å²) in [5.41, 5.74) is -0.913. The van der Waals surface area contributed by atoms with E-state index in [4.69, 9.17) is 0 Å². The Morgan fingerprint density at radius 3 is 2.76 bits per heavy atom. The molecule has 0 bridgehead atoms. The Morgan fingerprint density at radius 2 is 2.29 bits per heavy atom. The van der Waals surface area contributed by atoms with Gasteiger partial charge in [-0.05, 0) is 34.8 Å². The minimum absolute atomic E-state index is 0.228. The highest BCUT2D eigenvalue weighted by Gasteiger charge is 2.57. The number of hydrogen-bond acceptors (Lipinski definition) is 4. The molecule has 92 valence electrons. The highest BCUT2D eigenvalue weighted by Crippen LogP contribution is 2.46. The SMILES string of the molecule is COC(=O)C1(C(=O)NCc2cc(Br)cs2)CC1. The van der Waals surface area contributed by atoms with Crippen molar-refractivity contribution in [2.45, 2.75) is 19.4 Å². The summed E-state index contributed by atoms with van der Waals surface area (Å²) in [4.78, 5) is 24.4. The van der Waals surface area contributed by atoms with E-state index in [0.29, 0.717) is 19.4 Å². The summed E-state index contributed by atoms with van der Waals surface area (Å²) in [6, 6.07) is 1.95. The number of hydrogen-bond donors (Lipinski definition) is 1. The number of nitrogens with one attached hydrogen (secondary N) is 1. The second kappa shape index (κ2) is 4.78. The van der Waals surface area contributed by atoms with Crippen LogP contribution in [0.4, 0.5) is 0 Å². The Bertz CT molecular complexity index is 453. The smallest absolute Gasteiger partial charge is 0.321 e. The number of methoxy groups -OCH3 is 1. The number of halogens is 1. The first kappa shape index (κ1) is 12.6. The molecule has 1 fully saturated rings. The summed E-state index contributed by atoms with van der Waals surface area (Å²) in [5.74, 6) is -0.656. The maximum atomic E-state index is 11.9. The monoisotopic (exact) mass is 317 g/mol. The topological polar surface area (TPSA) is 55.4 Å². The standard InChI is InChI=1S/C11H12BrNO3S/c1-16-10(15)11(2-3-11)9(14)13-5-8-4-7(12)6-17-8/h4,6H,2-3,5H2,1H3,(H,13,14). The van der Waals surface area contributed by atoms with E-state index in [2.05, 4.69) is 26.0 Å². The minimum atomic E-state index is -0.913. The number of ether oxygens (including phenoxy) is 1. The van der Waals surface area contributed by atoms with Crippen LogP contribution in [0.3, 0.4) is 0 Å². The fourth-order valence-corrected chi connectivity index (χ4v) is 3.02. The molecule has 0 aromatic carbocycles. The van der Waals surface area contributed by atoms with Crippen molar-refractivity contribution in [1.82, 2.24) is 5.32 Å². The minimum Gasteiger partial charge on any atom is -0.468 e. The van der Waals surface area contributed by atoms with Crippen molar-refractivity contribution in [3.05, 3.63) is 20.8 Å².